The van der Waals surface area contributed by atoms with E-state index in [-0.39, 0.29) is 12.0 Å². The zero-order valence-electron chi connectivity index (χ0n) is 10.4. The lowest BCUT2D eigenvalue weighted by atomic mass is 10.2. The molecule has 2 fully saturated rings. The molecule has 96 valence electrons. The van der Waals surface area contributed by atoms with Gasteiger partial charge in [-0.1, -0.05) is 0 Å². The van der Waals surface area contributed by atoms with E-state index in [4.69, 9.17) is 4.74 Å². The summed E-state index contributed by atoms with van der Waals surface area (Å²) in [5.41, 5.74) is 0.643. The van der Waals surface area contributed by atoms with E-state index in [9.17, 15) is 4.79 Å². The van der Waals surface area contributed by atoms with Crippen molar-refractivity contribution < 1.29 is 9.53 Å². The van der Waals surface area contributed by atoms with Crippen molar-refractivity contribution in [1.82, 2.24) is 10.3 Å². The molecule has 4 heteroatoms. The molecular weight excluding hydrogens is 228 g/mol. The van der Waals surface area contributed by atoms with Crippen LogP contribution in [0.3, 0.4) is 0 Å². The maximum Gasteiger partial charge on any atom is 0.251 e. The Balaban J connectivity index is 1.65. The normalized spacial score (nSPS) is 19.8. The molecule has 1 amide bonds. The zero-order valence-corrected chi connectivity index (χ0v) is 10.4. The molecule has 2 saturated carbocycles. The predicted octanol–water partition coefficient (Wildman–Crippen LogP) is 2.30. The number of nitrogens with one attached hydrogen (secondary N) is 1. The number of rotatable bonds is 4. The largest absolute Gasteiger partial charge is 0.474 e. The van der Waals surface area contributed by atoms with Gasteiger partial charge < -0.3 is 10.1 Å². The van der Waals surface area contributed by atoms with E-state index >= 15 is 0 Å². The zero-order chi connectivity index (χ0) is 12.4. The molecule has 18 heavy (non-hydrogen) atoms. The second-order valence-electron chi connectivity index (χ2n) is 5.15. The van der Waals surface area contributed by atoms with Gasteiger partial charge in [0, 0.05) is 23.9 Å². The van der Waals surface area contributed by atoms with E-state index in [1.165, 1.54) is 12.8 Å². The molecular formula is C14H18N2O2. The maximum atomic E-state index is 11.9. The van der Waals surface area contributed by atoms with Gasteiger partial charge in [0.15, 0.2) is 0 Å². The van der Waals surface area contributed by atoms with Crippen LogP contribution in [-0.2, 0) is 0 Å². The van der Waals surface area contributed by atoms with Gasteiger partial charge in [0.25, 0.3) is 5.91 Å². The van der Waals surface area contributed by atoms with Gasteiger partial charge in [-0.3, -0.25) is 4.79 Å². The Morgan fingerprint density at radius 1 is 1.28 bits per heavy atom. The second kappa shape index (κ2) is 4.96. The highest BCUT2D eigenvalue weighted by molar-refractivity contribution is 5.94. The highest BCUT2D eigenvalue weighted by Crippen LogP contribution is 2.24. The molecule has 2 aliphatic carbocycles. The standard InChI is InChI=1S/C14H18N2O2/c17-14(16-11-5-6-11)10-7-8-15-13(9-10)18-12-3-1-2-4-12/h7-9,11-12H,1-6H2,(H,16,17). The summed E-state index contributed by atoms with van der Waals surface area (Å²) in [6.07, 6.45) is 8.77. The molecule has 1 aromatic rings. The van der Waals surface area contributed by atoms with Crippen molar-refractivity contribution in [2.75, 3.05) is 0 Å². The Morgan fingerprint density at radius 3 is 2.78 bits per heavy atom. The monoisotopic (exact) mass is 246 g/mol. The molecule has 0 spiro atoms. The fourth-order valence-electron chi connectivity index (χ4n) is 2.29. The molecule has 0 bridgehead atoms. The fourth-order valence-corrected chi connectivity index (χ4v) is 2.29. The molecule has 0 aromatic carbocycles. The summed E-state index contributed by atoms with van der Waals surface area (Å²) in [5, 5.41) is 2.97. The molecule has 0 atom stereocenters. The Bertz CT molecular complexity index is 437. The summed E-state index contributed by atoms with van der Waals surface area (Å²) < 4.78 is 5.80. The summed E-state index contributed by atoms with van der Waals surface area (Å²) in [5.74, 6) is 0.557. The van der Waals surface area contributed by atoms with Gasteiger partial charge in [-0.2, -0.15) is 0 Å². The van der Waals surface area contributed by atoms with Crippen LogP contribution < -0.4 is 10.1 Å². The Hall–Kier alpha value is -1.58. The molecule has 3 rings (SSSR count). The second-order valence-corrected chi connectivity index (χ2v) is 5.15. The number of pyridine rings is 1. The quantitative estimate of drug-likeness (QED) is 0.886. The van der Waals surface area contributed by atoms with Crippen molar-refractivity contribution in [2.24, 2.45) is 0 Å². The van der Waals surface area contributed by atoms with E-state index in [0.717, 1.165) is 25.7 Å². The van der Waals surface area contributed by atoms with Crippen LogP contribution in [0.1, 0.15) is 48.9 Å². The van der Waals surface area contributed by atoms with Crippen molar-refractivity contribution in [3.63, 3.8) is 0 Å². The van der Waals surface area contributed by atoms with Crippen LogP contribution in [0.15, 0.2) is 18.3 Å². The van der Waals surface area contributed by atoms with Gasteiger partial charge in [0.05, 0.1) is 0 Å². The third kappa shape index (κ3) is 2.81. The fraction of sp³-hybridized carbons (Fsp3) is 0.571. The number of hydrogen-bond donors (Lipinski definition) is 1. The number of carbonyl (C=O) groups excluding carboxylic acids is 1. The minimum Gasteiger partial charge on any atom is -0.474 e. The summed E-state index contributed by atoms with van der Waals surface area (Å²) >= 11 is 0. The lowest BCUT2D eigenvalue weighted by Gasteiger charge is -2.12. The van der Waals surface area contributed by atoms with Crippen LogP contribution in [0.25, 0.3) is 0 Å². The molecule has 1 aromatic heterocycles. The molecule has 0 radical (unpaired) electrons. The number of hydrogen-bond acceptors (Lipinski definition) is 3. The van der Waals surface area contributed by atoms with Gasteiger partial charge in [-0.15, -0.1) is 0 Å². The summed E-state index contributed by atoms with van der Waals surface area (Å²) in [7, 11) is 0. The van der Waals surface area contributed by atoms with Crippen LogP contribution in [-0.4, -0.2) is 23.0 Å². The third-order valence-electron chi connectivity index (χ3n) is 3.50. The van der Waals surface area contributed by atoms with Crippen LogP contribution in [0.4, 0.5) is 0 Å². The molecule has 1 N–H and O–H groups in total. The van der Waals surface area contributed by atoms with Crippen molar-refractivity contribution in [2.45, 2.75) is 50.7 Å². The Kier molecular flexibility index (Phi) is 3.17. The SMILES string of the molecule is O=C(NC1CC1)c1ccnc(OC2CCCC2)c1. The first-order valence-electron chi connectivity index (χ1n) is 6.75. The van der Waals surface area contributed by atoms with Gasteiger partial charge in [-0.05, 0) is 44.6 Å². The maximum absolute atomic E-state index is 11.9. The summed E-state index contributed by atoms with van der Waals surface area (Å²) in [6, 6.07) is 3.86. The number of nitrogens with zero attached hydrogens (tertiary/aromatic N) is 1. The van der Waals surface area contributed by atoms with Gasteiger partial charge in [-0.25, -0.2) is 4.98 Å². The van der Waals surface area contributed by atoms with E-state index < -0.39 is 0 Å². The molecule has 2 aliphatic rings. The Labute approximate surface area is 107 Å². The van der Waals surface area contributed by atoms with Crippen LogP contribution in [0.2, 0.25) is 0 Å². The van der Waals surface area contributed by atoms with Gasteiger partial charge in [0.2, 0.25) is 5.88 Å². The van der Waals surface area contributed by atoms with Gasteiger partial charge >= 0.3 is 0 Å². The lowest BCUT2D eigenvalue weighted by Crippen LogP contribution is -2.25. The van der Waals surface area contributed by atoms with Crippen LogP contribution in [0, 0.1) is 0 Å². The topological polar surface area (TPSA) is 51.2 Å². The average Bonchev–Trinajstić information content (AvgIpc) is 3.04. The van der Waals surface area contributed by atoms with E-state index in [0.29, 0.717) is 17.5 Å². The average molecular weight is 246 g/mol. The van der Waals surface area contributed by atoms with E-state index in [2.05, 4.69) is 10.3 Å². The van der Waals surface area contributed by atoms with Crippen molar-refractivity contribution >= 4 is 5.91 Å². The van der Waals surface area contributed by atoms with E-state index in [1.807, 2.05) is 0 Å². The van der Waals surface area contributed by atoms with E-state index in [1.54, 1.807) is 18.3 Å². The minimum absolute atomic E-state index is 0.0174. The van der Waals surface area contributed by atoms with Crippen LogP contribution in [0.5, 0.6) is 5.88 Å². The molecule has 4 nitrogen and oxygen atoms in total. The number of carbonyl (C=O) groups is 1. The van der Waals surface area contributed by atoms with Crippen molar-refractivity contribution in [3.05, 3.63) is 23.9 Å². The number of aromatic nitrogens is 1. The molecule has 0 aliphatic heterocycles. The highest BCUT2D eigenvalue weighted by atomic mass is 16.5. The molecule has 1 heterocycles. The first-order valence-corrected chi connectivity index (χ1v) is 6.75. The smallest absolute Gasteiger partial charge is 0.251 e. The third-order valence-corrected chi connectivity index (χ3v) is 3.50. The molecule has 0 saturated heterocycles. The predicted molar refractivity (Wildman–Crippen MR) is 67.6 cm³/mol. The summed E-state index contributed by atoms with van der Waals surface area (Å²) in [6.45, 7) is 0. The van der Waals surface area contributed by atoms with Crippen molar-refractivity contribution in [3.8, 4) is 5.88 Å². The lowest BCUT2D eigenvalue weighted by molar-refractivity contribution is 0.0950. The molecule has 0 unspecified atom stereocenters. The first kappa shape index (κ1) is 11.5. The van der Waals surface area contributed by atoms with Crippen molar-refractivity contribution in [1.29, 1.82) is 0 Å². The first-order chi connectivity index (χ1) is 8.81. The highest BCUT2D eigenvalue weighted by Gasteiger charge is 2.24. The minimum atomic E-state index is -0.0174. The number of ether oxygens (including phenoxy) is 1. The summed E-state index contributed by atoms with van der Waals surface area (Å²) in [4.78, 5) is 16.1. The number of amides is 1. The van der Waals surface area contributed by atoms with Crippen LogP contribution >= 0.6 is 0 Å². The van der Waals surface area contributed by atoms with Gasteiger partial charge in [0.1, 0.15) is 6.10 Å². The Morgan fingerprint density at radius 2 is 2.06 bits per heavy atom.